The van der Waals surface area contributed by atoms with Gasteiger partial charge in [-0.3, -0.25) is 9.78 Å². The second-order valence-corrected chi connectivity index (χ2v) is 4.04. The zero-order chi connectivity index (χ0) is 12.6. The lowest BCUT2D eigenvalue weighted by atomic mass is 10.0. The van der Waals surface area contributed by atoms with E-state index in [4.69, 9.17) is 5.11 Å². The Hall–Kier alpha value is -1.41. The van der Waals surface area contributed by atoms with Crippen LogP contribution in [0.2, 0.25) is 0 Å². The molecule has 0 aromatic carbocycles. The SMILES string of the molecule is O=c1ccc([C@@H]2N[C@H](CO)[C@@H](O)[C@H]2O)c(O)[nH]1. The summed E-state index contributed by atoms with van der Waals surface area (Å²) in [5.74, 6) is -0.361. The number of aromatic amines is 1. The number of rotatable bonds is 2. The van der Waals surface area contributed by atoms with Crippen molar-refractivity contribution in [1.29, 1.82) is 0 Å². The van der Waals surface area contributed by atoms with Crippen LogP contribution in [-0.2, 0) is 0 Å². The van der Waals surface area contributed by atoms with Crippen molar-refractivity contribution in [3.8, 4) is 5.88 Å². The minimum Gasteiger partial charge on any atom is -0.494 e. The maximum Gasteiger partial charge on any atom is 0.250 e. The summed E-state index contributed by atoms with van der Waals surface area (Å²) in [6.45, 7) is -0.334. The summed E-state index contributed by atoms with van der Waals surface area (Å²) in [7, 11) is 0. The third-order valence-corrected chi connectivity index (χ3v) is 2.96. The van der Waals surface area contributed by atoms with Crippen molar-refractivity contribution in [1.82, 2.24) is 10.3 Å². The summed E-state index contributed by atoms with van der Waals surface area (Å²) < 4.78 is 0. The molecule has 1 fully saturated rings. The summed E-state index contributed by atoms with van der Waals surface area (Å²) in [5, 5.41) is 40.7. The van der Waals surface area contributed by atoms with Gasteiger partial charge in [0.25, 0.3) is 5.56 Å². The van der Waals surface area contributed by atoms with Crippen molar-refractivity contribution in [2.24, 2.45) is 0 Å². The Balaban J connectivity index is 2.32. The Morgan fingerprint density at radius 2 is 1.94 bits per heavy atom. The Bertz CT molecular complexity index is 460. The van der Waals surface area contributed by atoms with Gasteiger partial charge in [-0.15, -0.1) is 0 Å². The molecule has 94 valence electrons. The van der Waals surface area contributed by atoms with E-state index in [-0.39, 0.29) is 18.1 Å². The molecule has 1 aromatic heterocycles. The summed E-state index contributed by atoms with van der Waals surface area (Å²) in [5.41, 5.74) is -0.190. The second-order valence-electron chi connectivity index (χ2n) is 4.04. The van der Waals surface area contributed by atoms with Crippen LogP contribution >= 0.6 is 0 Å². The number of hydrogen-bond acceptors (Lipinski definition) is 6. The van der Waals surface area contributed by atoms with Crippen molar-refractivity contribution >= 4 is 0 Å². The van der Waals surface area contributed by atoms with Gasteiger partial charge < -0.3 is 25.7 Å². The fourth-order valence-electron chi connectivity index (χ4n) is 2.02. The van der Waals surface area contributed by atoms with Gasteiger partial charge in [0.05, 0.1) is 24.8 Å². The topological polar surface area (TPSA) is 126 Å². The molecule has 0 amide bonds. The number of aliphatic hydroxyl groups excluding tert-OH is 3. The van der Waals surface area contributed by atoms with E-state index in [1.165, 1.54) is 12.1 Å². The third-order valence-electron chi connectivity index (χ3n) is 2.96. The summed E-state index contributed by atoms with van der Waals surface area (Å²) in [6, 6.07) is 1.17. The van der Waals surface area contributed by atoms with Gasteiger partial charge in [0.15, 0.2) is 5.88 Å². The van der Waals surface area contributed by atoms with Crippen LogP contribution in [-0.4, -0.2) is 50.3 Å². The van der Waals surface area contributed by atoms with E-state index >= 15 is 0 Å². The summed E-state index contributed by atoms with van der Waals surface area (Å²) in [6.07, 6.45) is -2.29. The largest absolute Gasteiger partial charge is 0.494 e. The monoisotopic (exact) mass is 242 g/mol. The van der Waals surface area contributed by atoms with Crippen LogP contribution in [0.15, 0.2) is 16.9 Å². The molecule has 1 aliphatic heterocycles. The number of pyridine rings is 1. The zero-order valence-electron chi connectivity index (χ0n) is 8.87. The first-order valence-electron chi connectivity index (χ1n) is 5.20. The minimum atomic E-state index is -1.16. The van der Waals surface area contributed by atoms with E-state index < -0.39 is 29.9 Å². The van der Waals surface area contributed by atoms with Gasteiger partial charge in [-0.05, 0) is 6.07 Å². The van der Waals surface area contributed by atoms with Crippen molar-refractivity contribution in [2.75, 3.05) is 6.61 Å². The highest BCUT2D eigenvalue weighted by Crippen LogP contribution is 2.30. The van der Waals surface area contributed by atoms with Crippen LogP contribution in [0.1, 0.15) is 11.6 Å². The minimum absolute atomic E-state index is 0.270. The molecule has 0 saturated carbocycles. The Kier molecular flexibility index (Phi) is 3.16. The van der Waals surface area contributed by atoms with Gasteiger partial charge in [-0.25, -0.2) is 0 Å². The highest BCUT2D eigenvalue weighted by molar-refractivity contribution is 5.30. The number of hydrogen-bond donors (Lipinski definition) is 6. The quantitative estimate of drug-likeness (QED) is 0.350. The zero-order valence-corrected chi connectivity index (χ0v) is 8.87. The van der Waals surface area contributed by atoms with Gasteiger partial charge in [-0.1, -0.05) is 0 Å². The van der Waals surface area contributed by atoms with E-state index in [1.807, 2.05) is 0 Å². The van der Waals surface area contributed by atoms with E-state index in [2.05, 4.69) is 10.3 Å². The number of nitrogens with one attached hydrogen (secondary N) is 2. The predicted octanol–water partition coefficient (Wildman–Crippen LogP) is -2.19. The average Bonchev–Trinajstić information content (AvgIpc) is 2.57. The number of aromatic hydroxyl groups is 1. The third kappa shape index (κ3) is 2.05. The second kappa shape index (κ2) is 4.46. The lowest BCUT2D eigenvalue weighted by molar-refractivity contribution is 0.0192. The molecule has 2 heterocycles. The molecule has 0 radical (unpaired) electrons. The molecule has 1 aliphatic rings. The Morgan fingerprint density at radius 1 is 1.24 bits per heavy atom. The number of H-pyrrole nitrogens is 1. The molecule has 1 saturated heterocycles. The molecule has 0 unspecified atom stereocenters. The van der Waals surface area contributed by atoms with Gasteiger partial charge in [0.1, 0.15) is 6.10 Å². The van der Waals surface area contributed by atoms with Crippen LogP contribution in [0, 0.1) is 0 Å². The normalized spacial score (nSPS) is 32.9. The molecule has 1 aromatic rings. The maximum absolute atomic E-state index is 10.9. The molecular weight excluding hydrogens is 228 g/mol. The summed E-state index contributed by atoms with van der Waals surface area (Å²) >= 11 is 0. The standard InChI is InChI=1S/C10H14N2O5/c13-3-5-8(15)9(16)7(11-5)4-1-2-6(14)12-10(4)17/h1-2,5,7-9,11,13,15-16H,3H2,(H2,12,14,17)/t5-,7+,8-,9+/m1/s1. The lowest BCUT2D eigenvalue weighted by Crippen LogP contribution is -2.35. The molecule has 0 spiro atoms. The molecule has 0 bridgehead atoms. The van der Waals surface area contributed by atoms with E-state index in [9.17, 15) is 20.1 Å². The van der Waals surface area contributed by atoms with Crippen LogP contribution < -0.4 is 10.9 Å². The van der Waals surface area contributed by atoms with E-state index in [0.29, 0.717) is 0 Å². The smallest absolute Gasteiger partial charge is 0.250 e. The summed E-state index contributed by atoms with van der Waals surface area (Å²) in [4.78, 5) is 13.1. The first-order chi connectivity index (χ1) is 8.04. The van der Waals surface area contributed by atoms with Crippen LogP contribution in [0.5, 0.6) is 5.88 Å². The van der Waals surface area contributed by atoms with Gasteiger partial charge in [-0.2, -0.15) is 0 Å². The highest BCUT2D eigenvalue weighted by Gasteiger charge is 2.42. The average molecular weight is 242 g/mol. The van der Waals surface area contributed by atoms with E-state index in [0.717, 1.165) is 0 Å². The fourth-order valence-corrected chi connectivity index (χ4v) is 2.02. The molecule has 4 atom stereocenters. The molecule has 6 N–H and O–H groups in total. The molecule has 7 heteroatoms. The van der Waals surface area contributed by atoms with Crippen LogP contribution in [0.3, 0.4) is 0 Å². The molecule has 0 aliphatic carbocycles. The van der Waals surface area contributed by atoms with Gasteiger partial charge in [0.2, 0.25) is 0 Å². The highest BCUT2D eigenvalue weighted by atomic mass is 16.3. The van der Waals surface area contributed by atoms with E-state index in [1.54, 1.807) is 0 Å². The van der Waals surface area contributed by atoms with Crippen molar-refractivity contribution < 1.29 is 20.4 Å². The van der Waals surface area contributed by atoms with Crippen LogP contribution in [0.25, 0.3) is 0 Å². The van der Waals surface area contributed by atoms with Gasteiger partial charge in [0, 0.05) is 11.6 Å². The fraction of sp³-hybridized carbons (Fsp3) is 0.500. The molecule has 7 nitrogen and oxygen atoms in total. The molecular formula is C10H14N2O5. The Labute approximate surface area is 96.4 Å². The van der Waals surface area contributed by atoms with Crippen molar-refractivity contribution in [2.45, 2.75) is 24.3 Å². The first kappa shape index (κ1) is 12.1. The van der Waals surface area contributed by atoms with Crippen molar-refractivity contribution in [3.63, 3.8) is 0 Å². The molecule has 17 heavy (non-hydrogen) atoms. The first-order valence-corrected chi connectivity index (χ1v) is 5.20. The number of aliphatic hydroxyl groups is 3. The van der Waals surface area contributed by atoms with Crippen LogP contribution in [0.4, 0.5) is 0 Å². The van der Waals surface area contributed by atoms with Gasteiger partial charge >= 0.3 is 0 Å². The Morgan fingerprint density at radius 3 is 2.47 bits per heavy atom. The molecule has 2 rings (SSSR count). The lowest BCUT2D eigenvalue weighted by Gasteiger charge is -2.16. The maximum atomic E-state index is 10.9. The number of aromatic nitrogens is 1. The van der Waals surface area contributed by atoms with Crippen molar-refractivity contribution in [3.05, 3.63) is 28.0 Å². The predicted molar refractivity (Wildman–Crippen MR) is 57.5 cm³/mol.